The fourth-order valence-electron chi connectivity index (χ4n) is 5.43. The monoisotopic (exact) mass is 472 g/mol. The number of rotatable bonds is 8. The average molecular weight is 473 g/mol. The molecule has 0 bridgehead atoms. The molecule has 0 aliphatic carbocycles. The first kappa shape index (κ1) is 23.1. The van der Waals surface area contributed by atoms with Crippen molar-refractivity contribution in [1.29, 1.82) is 0 Å². The van der Waals surface area contributed by atoms with Crippen LogP contribution in [0.5, 0.6) is 0 Å². The Morgan fingerprint density at radius 1 is 1.09 bits per heavy atom. The second-order valence-electron chi connectivity index (χ2n) is 9.57. The summed E-state index contributed by atoms with van der Waals surface area (Å²) in [5, 5.41) is 6.86. The molecule has 0 spiro atoms. The lowest BCUT2D eigenvalue weighted by atomic mass is 9.90. The number of benzene rings is 2. The Morgan fingerprint density at radius 2 is 1.86 bits per heavy atom. The summed E-state index contributed by atoms with van der Waals surface area (Å²) in [5.74, 6) is -0.658. The van der Waals surface area contributed by atoms with Crippen LogP contribution in [0.1, 0.15) is 72.8 Å². The second-order valence-corrected chi connectivity index (χ2v) is 9.57. The van der Waals surface area contributed by atoms with Gasteiger partial charge < -0.3 is 20.5 Å². The first-order valence-corrected chi connectivity index (χ1v) is 12.6. The SMILES string of the molecule is CCCCCCNC(=O)C(C)NC(=O)C1Cc2c([nH]c3ccccc23)C2c3ccccc3C(=O)N12. The van der Waals surface area contributed by atoms with Crippen LogP contribution in [0.15, 0.2) is 48.5 Å². The van der Waals surface area contributed by atoms with Gasteiger partial charge in [-0.05, 0) is 36.6 Å². The van der Waals surface area contributed by atoms with Crippen molar-refractivity contribution >= 4 is 28.6 Å². The van der Waals surface area contributed by atoms with Crippen LogP contribution in [-0.4, -0.2) is 46.2 Å². The summed E-state index contributed by atoms with van der Waals surface area (Å²) in [4.78, 5) is 44.8. The van der Waals surface area contributed by atoms with Gasteiger partial charge in [-0.1, -0.05) is 62.6 Å². The Bertz CT molecular complexity index is 1280. The zero-order valence-electron chi connectivity index (χ0n) is 20.3. The Morgan fingerprint density at radius 3 is 2.69 bits per heavy atom. The normalized spacial score (nSPS) is 19.1. The van der Waals surface area contributed by atoms with E-state index in [9.17, 15) is 14.4 Å². The molecule has 0 saturated heterocycles. The molecule has 2 aromatic carbocycles. The molecule has 1 aromatic heterocycles. The smallest absolute Gasteiger partial charge is 0.255 e. The van der Waals surface area contributed by atoms with Crippen molar-refractivity contribution in [3.8, 4) is 0 Å². The predicted molar refractivity (Wildman–Crippen MR) is 135 cm³/mol. The van der Waals surface area contributed by atoms with Crippen LogP contribution in [0.2, 0.25) is 0 Å². The van der Waals surface area contributed by atoms with E-state index in [4.69, 9.17) is 0 Å². The van der Waals surface area contributed by atoms with Gasteiger partial charge in [-0.3, -0.25) is 14.4 Å². The highest BCUT2D eigenvalue weighted by atomic mass is 16.2. The van der Waals surface area contributed by atoms with E-state index in [1.807, 2.05) is 48.5 Å². The Balaban J connectivity index is 1.40. The zero-order chi connectivity index (χ0) is 24.5. The number of amides is 3. The fraction of sp³-hybridized carbons (Fsp3) is 0.393. The molecule has 3 aromatic rings. The maximum atomic E-state index is 13.5. The number of para-hydroxylation sites is 1. The maximum Gasteiger partial charge on any atom is 0.255 e. The molecule has 3 unspecified atom stereocenters. The molecule has 7 heteroatoms. The molecule has 2 aliphatic rings. The molecule has 0 fully saturated rings. The zero-order valence-corrected chi connectivity index (χ0v) is 20.3. The van der Waals surface area contributed by atoms with Crippen LogP contribution in [-0.2, 0) is 16.0 Å². The topological polar surface area (TPSA) is 94.3 Å². The number of aromatic nitrogens is 1. The van der Waals surface area contributed by atoms with E-state index in [1.165, 1.54) is 0 Å². The highest BCUT2D eigenvalue weighted by Crippen LogP contribution is 2.46. The first-order valence-electron chi connectivity index (χ1n) is 12.6. The second kappa shape index (κ2) is 9.56. The lowest BCUT2D eigenvalue weighted by Gasteiger charge is -2.37. The minimum absolute atomic E-state index is 0.150. The van der Waals surface area contributed by atoms with Crippen LogP contribution in [0.25, 0.3) is 10.9 Å². The molecule has 3 amide bonds. The minimum atomic E-state index is -0.702. The maximum absolute atomic E-state index is 13.5. The Hall–Kier alpha value is -3.61. The molecule has 3 N–H and O–H groups in total. The summed E-state index contributed by atoms with van der Waals surface area (Å²) in [6.07, 6.45) is 4.68. The summed E-state index contributed by atoms with van der Waals surface area (Å²) in [5.41, 5.74) is 4.54. The van der Waals surface area contributed by atoms with E-state index >= 15 is 0 Å². The van der Waals surface area contributed by atoms with Gasteiger partial charge in [0.2, 0.25) is 11.8 Å². The fourth-order valence-corrected chi connectivity index (χ4v) is 5.43. The molecule has 182 valence electrons. The number of hydrogen-bond donors (Lipinski definition) is 3. The lowest BCUT2D eigenvalue weighted by molar-refractivity contribution is -0.131. The largest absolute Gasteiger partial charge is 0.356 e. The lowest BCUT2D eigenvalue weighted by Crippen LogP contribution is -2.56. The van der Waals surface area contributed by atoms with Gasteiger partial charge in [0, 0.05) is 35.1 Å². The third kappa shape index (κ3) is 4.09. The molecular weight excluding hydrogens is 440 g/mol. The number of carbonyl (C=O) groups excluding carboxylic acids is 3. The number of nitrogens with zero attached hydrogens (tertiary/aromatic N) is 1. The van der Waals surface area contributed by atoms with Crippen LogP contribution in [0.4, 0.5) is 0 Å². The van der Waals surface area contributed by atoms with Gasteiger partial charge in [-0.15, -0.1) is 0 Å². The summed E-state index contributed by atoms with van der Waals surface area (Å²) in [6.45, 7) is 4.44. The Labute approximate surface area is 205 Å². The molecule has 3 heterocycles. The third-order valence-electron chi connectivity index (χ3n) is 7.24. The van der Waals surface area contributed by atoms with E-state index in [1.54, 1.807) is 11.8 Å². The molecule has 7 nitrogen and oxygen atoms in total. The van der Waals surface area contributed by atoms with Crippen molar-refractivity contribution < 1.29 is 14.4 Å². The third-order valence-corrected chi connectivity index (χ3v) is 7.24. The molecular formula is C28H32N4O3. The van der Waals surface area contributed by atoms with E-state index in [2.05, 4.69) is 22.5 Å². The van der Waals surface area contributed by atoms with E-state index in [-0.39, 0.29) is 23.8 Å². The molecule has 0 radical (unpaired) electrons. The number of carbonyl (C=O) groups is 3. The number of aromatic amines is 1. The van der Waals surface area contributed by atoms with Crippen LogP contribution in [0.3, 0.4) is 0 Å². The number of nitrogens with one attached hydrogen (secondary N) is 3. The van der Waals surface area contributed by atoms with Crippen LogP contribution in [0, 0.1) is 0 Å². The highest BCUT2D eigenvalue weighted by molar-refractivity contribution is 6.04. The summed E-state index contributed by atoms with van der Waals surface area (Å²) in [7, 11) is 0. The van der Waals surface area contributed by atoms with Gasteiger partial charge in [-0.2, -0.15) is 0 Å². The van der Waals surface area contributed by atoms with Crippen molar-refractivity contribution in [1.82, 2.24) is 20.5 Å². The summed E-state index contributed by atoms with van der Waals surface area (Å²) in [6, 6.07) is 13.8. The number of hydrogen-bond acceptors (Lipinski definition) is 3. The van der Waals surface area contributed by atoms with Crippen LogP contribution < -0.4 is 10.6 Å². The molecule has 2 aliphatic heterocycles. The van der Waals surface area contributed by atoms with Crippen LogP contribution >= 0.6 is 0 Å². The van der Waals surface area contributed by atoms with Gasteiger partial charge in [0.25, 0.3) is 5.91 Å². The summed E-state index contributed by atoms with van der Waals surface area (Å²) < 4.78 is 0. The molecule has 0 saturated carbocycles. The van der Waals surface area contributed by atoms with Crippen molar-refractivity contribution in [2.45, 2.75) is 64.1 Å². The highest BCUT2D eigenvalue weighted by Gasteiger charge is 2.49. The average Bonchev–Trinajstić information content (AvgIpc) is 3.39. The minimum Gasteiger partial charge on any atom is -0.356 e. The van der Waals surface area contributed by atoms with Crippen molar-refractivity contribution in [2.24, 2.45) is 0 Å². The van der Waals surface area contributed by atoms with E-state index in [0.717, 1.165) is 53.4 Å². The van der Waals surface area contributed by atoms with Crippen molar-refractivity contribution in [3.63, 3.8) is 0 Å². The molecule has 35 heavy (non-hydrogen) atoms. The first-order chi connectivity index (χ1) is 17.0. The number of H-pyrrole nitrogens is 1. The molecule has 5 rings (SSSR count). The number of unbranched alkanes of at least 4 members (excludes halogenated alkanes) is 3. The standard InChI is InChI=1S/C28H32N4O3/c1-3-4-5-10-15-29-26(33)17(2)30-27(34)23-16-21-18-11-8-9-14-22(18)31-24(21)25-19-12-6-7-13-20(19)28(35)32(23)25/h6-9,11-14,17,23,25,31H,3-5,10,15-16H2,1-2H3,(H,29,33)(H,30,34). The Kier molecular flexibility index (Phi) is 6.32. The summed E-state index contributed by atoms with van der Waals surface area (Å²) >= 11 is 0. The van der Waals surface area contributed by atoms with Crippen molar-refractivity contribution in [2.75, 3.05) is 6.54 Å². The van der Waals surface area contributed by atoms with Gasteiger partial charge in [0.15, 0.2) is 0 Å². The van der Waals surface area contributed by atoms with Gasteiger partial charge in [-0.25, -0.2) is 0 Å². The van der Waals surface area contributed by atoms with Gasteiger partial charge >= 0.3 is 0 Å². The number of fused-ring (bicyclic) bond motifs is 7. The van der Waals surface area contributed by atoms with Gasteiger partial charge in [0.05, 0.1) is 6.04 Å². The van der Waals surface area contributed by atoms with Crippen molar-refractivity contribution in [3.05, 3.63) is 70.9 Å². The quantitative estimate of drug-likeness (QED) is 0.435. The van der Waals surface area contributed by atoms with Gasteiger partial charge in [0.1, 0.15) is 12.1 Å². The predicted octanol–water partition coefficient (Wildman–Crippen LogP) is 3.84. The molecule has 3 atom stereocenters. The van der Waals surface area contributed by atoms with E-state index in [0.29, 0.717) is 18.5 Å². The van der Waals surface area contributed by atoms with E-state index < -0.39 is 12.1 Å².